The summed E-state index contributed by atoms with van der Waals surface area (Å²) in [7, 11) is 3.23. The van der Waals surface area contributed by atoms with Crippen LogP contribution in [0, 0.1) is 0 Å². The van der Waals surface area contributed by atoms with Crippen LogP contribution in [0.2, 0.25) is 0 Å². The van der Waals surface area contributed by atoms with Crippen molar-refractivity contribution in [1.82, 2.24) is 5.32 Å². The number of hydrogen-bond donors (Lipinski definition) is 2. The first-order valence-electron chi connectivity index (χ1n) is 7.47. The zero-order chi connectivity index (χ0) is 16.5. The minimum absolute atomic E-state index is 0.124. The van der Waals surface area contributed by atoms with E-state index in [0.717, 1.165) is 5.56 Å². The Morgan fingerprint density at radius 3 is 2.57 bits per heavy atom. The number of methoxy groups -OCH3 is 2. The fraction of sp³-hybridized carbons (Fsp3) is 0.278. The first-order chi connectivity index (χ1) is 11.2. The molecule has 2 aromatic carbocycles. The topological polar surface area (TPSA) is 59.6 Å². The van der Waals surface area contributed by atoms with E-state index in [1.54, 1.807) is 20.3 Å². The summed E-state index contributed by atoms with van der Waals surface area (Å²) in [5.41, 5.74) is 1.60. The smallest absolute Gasteiger partial charge is 0.246 e. The fourth-order valence-electron chi connectivity index (χ4n) is 2.23. The average Bonchev–Trinajstić information content (AvgIpc) is 2.59. The van der Waals surface area contributed by atoms with Gasteiger partial charge in [-0.3, -0.25) is 10.1 Å². The van der Waals surface area contributed by atoms with Crippen LogP contribution in [0.15, 0.2) is 54.6 Å². The van der Waals surface area contributed by atoms with Gasteiger partial charge in [-0.15, -0.1) is 0 Å². The van der Waals surface area contributed by atoms with Gasteiger partial charge < -0.3 is 14.8 Å². The lowest BCUT2D eigenvalue weighted by Gasteiger charge is -2.19. The third-order valence-electron chi connectivity index (χ3n) is 3.39. The standard InChI is InChI=1S/C18H22N2O3/c1-22-12-11-19-17(14-7-4-3-5-8-14)18(21)20-15-9-6-10-16(13-15)23-2/h3-10,13,17,19H,11-12H2,1-2H3,(H,20,21)/t17-/m1/s1. The van der Waals surface area contributed by atoms with Gasteiger partial charge in [0, 0.05) is 25.4 Å². The average molecular weight is 314 g/mol. The van der Waals surface area contributed by atoms with Crippen molar-refractivity contribution in [2.75, 3.05) is 32.7 Å². The molecule has 0 aliphatic rings. The van der Waals surface area contributed by atoms with Crippen LogP contribution < -0.4 is 15.4 Å². The minimum Gasteiger partial charge on any atom is -0.497 e. The van der Waals surface area contributed by atoms with Crippen molar-refractivity contribution in [2.45, 2.75) is 6.04 Å². The van der Waals surface area contributed by atoms with Gasteiger partial charge >= 0.3 is 0 Å². The maximum absolute atomic E-state index is 12.7. The number of carbonyl (C=O) groups is 1. The number of nitrogens with one attached hydrogen (secondary N) is 2. The van der Waals surface area contributed by atoms with Gasteiger partial charge in [0.15, 0.2) is 0 Å². The van der Waals surface area contributed by atoms with Crippen molar-refractivity contribution >= 4 is 11.6 Å². The lowest BCUT2D eigenvalue weighted by atomic mass is 10.1. The molecular weight excluding hydrogens is 292 g/mol. The summed E-state index contributed by atoms with van der Waals surface area (Å²) in [6, 6.07) is 16.5. The van der Waals surface area contributed by atoms with E-state index in [9.17, 15) is 4.79 Å². The summed E-state index contributed by atoms with van der Waals surface area (Å²) >= 11 is 0. The molecule has 0 radical (unpaired) electrons. The van der Waals surface area contributed by atoms with Crippen molar-refractivity contribution in [3.63, 3.8) is 0 Å². The van der Waals surface area contributed by atoms with Crippen LogP contribution in [0.4, 0.5) is 5.69 Å². The molecule has 0 saturated carbocycles. The molecule has 0 spiro atoms. The first kappa shape index (κ1) is 17.0. The Balaban J connectivity index is 2.12. The van der Waals surface area contributed by atoms with Crippen LogP contribution in [-0.4, -0.2) is 33.3 Å². The van der Waals surface area contributed by atoms with Crippen LogP contribution >= 0.6 is 0 Å². The second kappa shape index (κ2) is 8.92. The van der Waals surface area contributed by atoms with E-state index in [1.165, 1.54) is 0 Å². The van der Waals surface area contributed by atoms with Crippen LogP contribution in [0.25, 0.3) is 0 Å². The highest BCUT2D eigenvalue weighted by atomic mass is 16.5. The maximum atomic E-state index is 12.7. The predicted molar refractivity (Wildman–Crippen MR) is 90.7 cm³/mol. The molecule has 122 valence electrons. The second-order valence-electron chi connectivity index (χ2n) is 5.01. The zero-order valence-electron chi connectivity index (χ0n) is 13.4. The molecule has 2 aromatic rings. The van der Waals surface area contributed by atoms with Gasteiger partial charge in [-0.25, -0.2) is 0 Å². The van der Waals surface area contributed by atoms with Crippen molar-refractivity contribution < 1.29 is 14.3 Å². The number of hydrogen-bond acceptors (Lipinski definition) is 4. The van der Waals surface area contributed by atoms with Gasteiger partial charge in [0.25, 0.3) is 0 Å². The number of benzene rings is 2. The molecular formula is C18H22N2O3. The molecule has 5 nitrogen and oxygen atoms in total. The Morgan fingerprint density at radius 1 is 1.09 bits per heavy atom. The molecule has 2 rings (SSSR count). The SMILES string of the molecule is COCCN[C@@H](C(=O)Nc1cccc(OC)c1)c1ccccc1. The summed E-state index contributed by atoms with van der Waals surface area (Å²) in [5, 5.41) is 6.14. The van der Waals surface area contributed by atoms with Crippen LogP contribution in [0.5, 0.6) is 5.75 Å². The normalized spacial score (nSPS) is 11.7. The van der Waals surface area contributed by atoms with Gasteiger partial charge in [0.2, 0.25) is 5.91 Å². The van der Waals surface area contributed by atoms with E-state index >= 15 is 0 Å². The van der Waals surface area contributed by atoms with Gasteiger partial charge in [-0.1, -0.05) is 36.4 Å². The third kappa shape index (κ3) is 5.09. The van der Waals surface area contributed by atoms with Crippen molar-refractivity contribution in [3.8, 4) is 5.75 Å². The van der Waals surface area contributed by atoms with E-state index in [-0.39, 0.29) is 5.91 Å². The van der Waals surface area contributed by atoms with E-state index in [1.807, 2.05) is 48.5 Å². The summed E-state index contributed by atoms with van der Waals surface area (Å²) in [6.07, 6.45) is 0. The molecule has 23 heavy (non-hydrogen) atoms. The molecule has 0 unspecified atom stereocenters. The lowest BCUT2D eigenvalue weighted by molar-refractivity contribution is -0.118. The lowest BCUT2D eigenvalue weighted by Crippen LogP contribution is -2.34. The highest BCUT2D eigenvalue weighted by Gasteiger charge is 2.19. The number of carbonyl (C=O) groups excluding carboxylic acids is 1. The Bertz CT molecular complexity index is 617. The van der Waals surface area contributed by atoms with Gasteiger partial charge in [0.05, 0.1) is 13.7 Å². The van der Waals surface area contributed by atoms with E-state index < -0.39 is 6.04 Å². The van der Waals surface area contributed by atoms with Gasteiger partial charge in [-0.2, -0.15) is 0 Å². The highest BCUT2D eigenvalue weighted by Crippen LogP contribution is 2.19. The number of ether oxygens (including phenoxy) is 2. The summed E-state index contributed by atoms with van der Waals surface area (Å²) < 4.78 is 10.2. The predicted octanol–water partition coefficient (Wildman–Crippen LogP) is 2.61. The molecule has 2 N–H and O–H groups in total. The minimum atomic E-state index is -0.447. The van der Waals surface area contributed by atoms with Crippen molar-refractivity contribution in [2.24, 2.45) is 0 Å². The van der Waals surface area contributed by atoms with Gasteiger partial charge in [-0.05, 0) is 17.7 Å². The first-order valence-corrected chi connectivity index (χ1v) is 7.47. The Kier molecular flexibility index (Phi) is 6.59. The Hall–Kier alpha value is -2.37. The quantitative estimate of drug-likeness (QED) is 0.735. The van der Waals surface area contributed by atoms with Gasteiger partial charge in [0.1, 0.15) is 11.8 Å². The number of anilines is 1. The van der Waals surface area contributed by atoms with E-state index in [0.29, 0.717) is 24.6 Å². The zero-order valence-corrected chi connectivity index (χ0v) is 13.4. The largest absolute Gasteiger partial charge is 0.497 e. The molecule has 0 heterocycles. The van der Waals surface area contributed by atoms with Crippen LogP contribution in [0.3, 0.4) is 0 Å². The number of rotatable bonds is 8. The molecule has 5 heteroatoms. The molecule has 1 atom stereocenters. The molecule has 0 saturated heterocycles. The Morgan fingerprint density at radius 2 is 1.87 bits per heavy atom. The molecule has 0 bridgehead atoms. The summed E-state index contributed by atoms with van der Waals surface area (Å²) in [6.45, 7) is 1.12. The van der Waals surface area contributed by atoms with Crippen molar-refractivity contribution in [3.05, 3.63) is 60.2 Å². The van der Waals surface area contributed by atoms with Crippen LogP contribution in [-0.2, 0) is 9.53 Å². The molecule has 0 fully saturated rings. The fourth-order valence-corrected chi connectivity index (χ4v) is 2.23. The molecule has 0 aliphatic heterocycles. The summed E-state index contributed by atoms with van der Waals surface area (Å²) in [5.74, 6) is 0.576. The Labute approximate surface area is 136 Å². The van der Waals surface area contributed by atoms with Crippen molar-refractivity contribution in [1.29, 1.82) is 0 Å². The third-order valence-corrected chi connectivity index (χ3v) is 3.39. The summed E-state index contributed by atoms with van der Waals surface area (Å²) in [4.78, 5) is 12.7. The maximum Gasteiger partial charge on any atom is 0.246 e. The van der Waals surface area contributed by atoms with Crippen LogP contribution in [0.1, 0.15) is 11.6 Å². The molecule has 0 aromatic heterocycles. The molecule has 0 aliphatic carbocycles. The van der Waals surface area contributed by atoms with E-state index in [2.05, 4.69) is 10.6 Å². The molecule has 1 amide bonds. The highest BCUT2D eigenvalue weighted by molar-refractivity contribution is 5.95. The van der Waals surface area contributed by atoms with E-state index in [4.69, 9.17) is 9.47 Å². The number of amides is 1. The second-order valence-corrected chi connectivity index (χ2v) is 5.01. The monoisotopic (exact) mass is 314 g/mol.